The van der Waals surface area contributed by atoms with Gasteiger partial charge in [-0.2, -0.15) is 5.10 Å². The van der Waals surface area contributed by atoms with Crippen molar-refractivity contribution in [3.63, 3.8) is 0 Å². The summed E-state index contributed by atoms with van der Waals surface area (Å²) in [5, 5.41) is 15.9. The Hall–Kier alpha value is -3.14. The van der Waals surface area contributed by atoms with Crippen molar-refractivity contribution in [3.05, 3.63) is 86.1 Å². The fourth-order valence-corrected chi connectivity index (χ4v) is 3.88. The molecule has 9 nitrogen and oxygen atoms in total. The first-order valence-corrected chi connectivity index (χ1v) is 11.0. The van der Waals surface area contributed by atoms with Crippen LogP contribution in [0.3, 0.4) is 0 Å². The van der Waals surface area contributed by atoms with E-state index in [4.69, 9.17) is 27.9 Å². The fraction of sp³-hybridized carbons (Fsp3) is 0.273. The van der Waals surface area contributed by atoms with E-state index in [1.165, 1.54) is 28.4 Å². The minimum Gasteiger partial charge on any atom is -0.470 e. The number of amides is 1. The molecular formula is C22H21Cl2N5O4. The maximum Gasteiger partial charge on any atom is 0.274 e. The molecule has 11 heteroatoms. The number of carbonyl (C=O) groups excluding carboxylic acids is 1. The first-order valence-electron chi connectivity index (χ1n) is 10.3. The van der Waals surface area contributed by atoms with Crippen LogP contribution in [-0.2, 0) is 13.3 Å². The smallest absolute Gasteiger partial charge is 0.274 e. The number of nitro benzene ring substituents is 1. The van der Waals surface area contributed by atoms with Crippen molar-refractivity contribution in [3.8, 4) is 5.75 Å². The van der Waals surface area contributed by atoms with Crippen molar-refractivity contribution >= 4 is 34.8 Å². The highest BCUT2D eigenvalue weighted by atomic mass is 35.5. The van der Waals surface area contributed by atoms with Gasteiger partial charge in [0.2, 0.25) is 0 Å². The number of carbonyl (C=O) groups is 1. The highest BCUT2D eigenvalue weighted by Gasteiger charge is 2.23. The lowest BCUT2D eigenvalue weighted by Crippen LogP contribution is -2.48. The molecule has 1 aliphatic heterocycles. The molecule has 0 spiro atoms. The number of benzene rings is 2. The van der Waals surface area contributed by atoms with Crippen LogP contribution in [0.25, 0.3) is 0 Å². The van der Waals surface area contributed by atoms with Crippen molar-refractivity contribution in [2.75, 3.05) is 26.2 Å². The summed E-state index contributed by atoms with van der Waals surface area (Å²) < 4.78 is 7.05. The Bertz CT molecular complexity index is 1140. The predicted molar refractivity (Wildman–Crippen MR) is 124 cm³/mol. The van der Waals surface area contributed by atoms with Gasteiger partial charge < -0.3 is 9.64 Å². The van der Waals surface area contributed by atoms with E-state index >= 15 is 0 Å². The Kier molecular flexibility index (Phi) is 7.12. The van der Waals surface area contributed by atoms with Gasteiger partial charge in [0.25, 0.3) is 11.6 Å². The molecule has 1 saturated heterocycles. The Morgan fingerprint density at radius 1 is 1.06 bits per heavy atom. The van der Waals surface area contributed by atoms with E-state index < -0.39 is 4.92 Å². The van der Waals surface area contributed by atoms with E-state index in [1.807, 2.05) is 24.3 Å². The zero-order chi connectivity index (χ0) is 23.4. The highest BCUT2D eigenvalue weighted by molar-refractivity contribution is 6.32. The number of aromatic nitrogens is 2. The van der Waals surface area contributed by atoms with Crippen molar-refractivity contribution in [1.29, 1.82) is 0 Å². The average molecular weight is 490 g/mol. The lowest BCUT2D eigenvalue weighted by molar-refractivity contribution is -0.384. The van der Waals surface area contributed by atoms with Gasteiger partial charge in [0.05, 0.1) is 9.95 Å². The number of hydrogen-bond acceptors (Lipinski definition) is 6. The Balaban J connectivity index is 1.28. The standard InChI is InChI=1S/C22H21Cl2N5O4/c23-17-3-1-16(2-4-17)14-26-9-11-27(12-10-26)22(30)20-7-8-28(25-20)15-33-21-6-5-18(29(31)32)13-19(21)24/h1-8,13H,9-12,14-15H2. The van der Waals surface area contributed by atoms with Gasteiger partial charge in [0.1, 0.15) is 5.75 Å². The molecular weight excluding hydrogens is 469 g/mol. The van der Waals surface area contributed by atoms with Crippen LogP contribution in [-0.4, -0.2) is 56.6 Å². The molecule has 1 aliphatic rings. The molecule has 172 valence electrons. The maximum atomic E-state index is 12.8. The van der Waals surface area contributed by atoms with Gasteiger partial charge in [-0.1, -0.05) is 35.3 Å². The normalized spacial score (nSPS) is 14.3. The van der Waals surface area contributed by atoms with E-state index in [0.717, 1.165) is 24.7 Å². The van der Waals surface area contributed by atoms with Crippen LogP contribution in [0.1, 0.15) is 16.1 Å². The Morgan fingerprint density at radius 3 is 2.45 bits per heavy atom. The average Bonchev–Trinajstić information content (AvgIpc) is 3.29. The predicted octanol–water partition coefficient (Wildman–Crippen LogP) is 4.09. The van der Waals surface area contributed by atoms with Crippen LogP contribution in [0.5, 0.6) is 5.75 Å². The van der Waals surface area contributed by atoms with Crippen LogP contribution < -0.4 is 4.74 Å². The van der Waals surface area contributed by atoms with Gasteiger partial charge in [-0.15, -0.1) is 0 Å². The first-order chi connectivity index (χ1) is 15.9. The van der Waals surface area contributed by atoms with Crippen LogP contribution in [0.4, 0.5) is 5.69 Å². The molecule has 0 N–H and O–H groups in total. The number of nitro groups is 1. The van der Waals surface area contributed by atoms with Crippen LogP contribution in [0.2, 0.25) is 10.0 Å². The van der Waals surface area contributed by atoms with E-state index in [0.29, 0.717) is 24.5 Å². The highest BCUT2D eigenvalue weighted by Crippen LogP contribution is 2.28. The van der Waals surface area contributed by atoms with E-state index in [9.17, 15) is 14.9 Å². The zero-order valence-electron chi connectivity index (χ0n) is 17.6. The molecule has 1 amide bonds. The first kappa shape index (κ1) is 23.0. The van der Waals surface area contributed by atoms with Gasteiger partial charge in [-0.05, 0) is 29.8 Å². The fourth-order valence-electron chi connectivity index (χ4n) is 3.52. The molecule has 0 saturated carbocycles. The third kappa shape index (κ3) is 5.81. The van der Waals surface area contributed by atoms with Crippen molar-refractivity contribution in [2.45, 2.75) is 13.3 Å². The van der Waals surface area contributed by atoms with E-state index in [2.05, 4.69) is 10.00 Å². The van der Waals surface area contributed by atoms with Crippen molar-refractivity contribution < 1.29 is 14.5 Å². The summed E-state index contributed by atoms with van der Waals surface area (Å²) in [6.45, 7) is 3.62. The van der Waals surface area contributed by atoms with Crippen LogP contribution in [0, 0.1) is 10.1 Å². The molecule has 4 rings (SSSR count). The largest absolute Gasteiger partial charge is 0.470 e. The summed E-state index contributed by atoms with van der Waals surface area (Å²) >= 11 is 12.0. The zero-order valence-corrected chi connectivity index (χ0v) is 19.1. The number of nitrogens with zero attached hydrogens (tertiary/aromatic N) is 5. The Morgan fingerprint density at radius 2 is 1.79 bits per heavy atom. The minimum atomic E-state index is -0.529. The summed E-state index contributed by atoms with van der Waals surface area (Å²) in [4.78, 5) is 27.2. The lowest BCUT2D eigenvalue weighted by Gasteiger charge is -2.34. The molecule has 2 aromatic carbocycles. The Labute approximate surface area is 200 Å². The second-order valence-corrected chi connectivity index (χ2v) is 8.42. The molecule has 0 atom stereocenters. The summed E-state index contributed by atoms with van der Waals surface area (Å²) in [5.41, 5.74) is 1.40. The molecule has 0 radical (unpaired) electrons. The van der Waals surface area contributed by atoms with Crippen molar-refractivity contribution in [1.82, 2.24) is 19.6 Å². The topological polar surface area (TPSA) is 93.7 Å². The molecule has 33 heavy (non-hydrogen) atoms. The molecule has 1 aromatic heterocycles. The minimum absolute atomic E-state index is 0.0136. The maximum absolute atomic E-state index is 12.8. The number of ether oxygens (including phenoxy) is 1. The monoisotopic (exact) mass is 489 g/mol. The molecule has 2 heterocycles. The summed E-state index contributed by atoms with van der Waals surface area (Å²) in [5.74, 6) is 0.163. The van der Waals surface area contributed by atoms with Gasteiger partial charge >= 0.3 is 0 Å². The lowest BCUT2D eigenvalue weighted by atomic mass is 10.2. The molecule has 0 aliphatic carbocycles. The molecule has 1 fully saturated rings. The number of rotatable bonds is 7. The van der Waals surface area contributed by atoms with Crippen LogP contribution >= 0.6 is 23.2 Å². The molecule has 3 aromatic rings. The number of hydrogen-bond donors (Lipinski definition) is 0. The van der Waals surface area contributed by atoms with Gasteiger partial charge in [0.15, 0.2) is 12.4 Å². The second-order valence-electron chi connectivity index (χ2n) is 7.58. The quantitative estimate of drug-likeness (QED) is 0.366. The molecule has 0 bridgehead atoms. The summed E-state index contributed by atoms with van der Waals surface area (Å²) in [6, 6.07) is 13.4. The number of piperazine rings is 1. The summed E-state index contributed by atoms with van der Waals surface area (Å²) in [7, 11) is 0. The SMILES string of the molecule is O=C(c1ccn(COc2ccc([N+](=O)[O-])cc2Cl)n1)N1CCN(Cc2ccc(Cl)cc2)CC1. The van der Waals surface area contributed by atoms with Gasteiger partial charge in [0, 0.05) is 56.1 Å². The van der Waals surface area contributed by atoms with Gasteiger partial charge in [-0.25, -0.2) is 4.68 Å². The number of halogens is 2. The van der Waals surface area contributed by atoms with E-state index in [-0.39, 0.29) is 23.3 Å². The molecule has 0 unspecified atom stereocenters. The number of non-ortho nitro benzene ring substituents is 1. The summed E-state index contributed by atoms with van der Waals surface area (Å²) in [6.07, 6.45) is 1.64. The third-order valence-corrected chi connectivity index (χ3v) is 5.86. The second kappa shape index (κ2) is 10.2. The van der Waals surface area contributed by atoms with Crippen molar-refractivity contribution in [2.24, 2.45) is 0 Å². The van der Waals surface area contributed by atoms with E-state index in [1.54, 1.807) is 17.2 Å². The van der Waals surface area contributed by atoms with Crippen LogP contribution in [0.15, 0.2) is 54.7 Å². The third-order valence-electron chi connectivity index (χ3n) is 5.32. The van der Waals surface area contributed by atoms with Gasteiger partial charge in [-0.3, -0.25) is 19.8 Å².